The van der Waals surface area contributed by atoms with Crippen LogP contribution >= 0.6 is 11.3 Å². The van der Waals surface area contributed by atoms with E-state index in [1.165, 1.54) is 0 Å². The summed E-state index contributed by atoms with van der Waals surface area (Å²) in [5.41, 5.74) is 1.78. The van der Waals surface area contributed by atoms with Gasteiger partial charge in [-0.1, -0.05) is 24.3 Å². The molecule has 24 heavy (non-hydrogen) atoms. The van der Waals surface area contributed by atoms with Gasteiger partial charge in [-0.25, -0.2) is 4.79 Å². The van der Waals surface area contributed by atoms with Gasteiger partial charge in [0.25, 0.3) is 0 Å². The van der Waals surface area contributed by atoms with Crippen molar-refractivity contribution in [1.82, 2.24) is 5.32 Å². The lowest BCUT2D eigenvalue weighted by Crippen LogP contribution is -2.41. The minimum absolute atomic E-state index is 0.111. The molecule has 0 bridgehead atoms. The second kappa shape index (κ2) is 6.55. The minimum Gasteiger partial charge on any atom is -0.446 e. The lowest BCUT2D eigenvalue weighted by atomic mass is 9.93. The number of nitrogens with one attached hydrogen (secondary N) is 2. The van der Waals surface area contributed by atoms with Crippen molar-refractivity contribution in [1.29, 1.82) is 0 Å². The molecule has 1 aromatic heterocycles. The van der Waals surface area contributed by atoms with Crippen LogP contribution in [0.5, 0.6) is 0 Å². The van der Waals surface area contributed by atoms with Gasteiger partial charge in [0.1, 0.15) is 6.10 Å². The zero-order valence-corrected chi connectivity index (χ0v) is 14.2. The molecule has 2 heterocycles. The highest BCUT2D eigenvalue weighted by molar-refractivity contribution is 7.13. The van der Waals surface area contributed by atoms with Gasteiger partial charge in [0.2, 0.25) is 0 Å². The monoisotopic (exact) mass is 344 g/mol. The van der Waals surface area contributed by atoms with Crippen LogP contribution in [0.15, 0.2) is 41.8 Å². The average molecular weight is 344 g/mol. The Morgan fingerprint density at radius 1 is 1.25 bits per heavy atom. The maximum atomic E-state index is 12.3. The molecule has 1 aliphatic heterocycles. The predicted octanol–water partition coefficient (Wildman–Crippen LogP) is 3.48. The van der Waals surface area contributed by atoms with Gasteiger partial charge in [-0.15, -0.1) is 11.3 Å². The van der Waals surface area contributed by atoms with E-state index in [1.807, 2.05) is 48.8 Å². The van der Waals surface area contributed by atoms with Gasteiger partial charge >= 0.3 is 6.09 Å². The fourth-order valence-corrected chi connectivity index (χ4v) is 4.15. The third-order valence-electron chi connectivity index (χ3n) is 4.63. The summed E-state index contributed by atoms with van der Waals surface area (Å²) in [5, 5.41) is 8.16. The van der Waals surface area contributed by atoms with E-state index >= 15 is 0 Å². The van der Waals surface area contributed by atoms with Crippen molar-refractivity contribution in [3.63, 3.8) is 0 Å². The van der Waals surface area contributed by atoms with Crippen molar-refractivity contribution in [2.75, 3.05) is 12.4 Å². The Morgan fingerprint density at radius 3 is 2.92 bits per heavy atom. The van der Waals surface area contributed by atoms with Crippen LogP contribution in [0.1, 0.15) is 12.8 Å². The molecule has 5 nitrogen and oxygen atoms in total. The first kappa shape index (κ1) is 15.6. The average Bonchev–Trinajstić information content (AvgIpc) is 3.16. The summed E-state index contributed by atoms with van der Waals surface area (Å²) in [4.78, 5) is 13.4. The number of benzene rings is 1. The largest absolute Gasteiger partial charge is 0.446 e. The number of ether oxygens (including phenoxy) is 2. The molecular weight excluding hydrogens is 324 g/mol. The molecule has 4 atom stereocenters. The summed E-state index contributed by atoms with van der Waals surface area (Å²) in [6, 6.07) is 12.1. The summed E-state index contributed by atoms with van der Waals surface area (Å²) in [7, 11) is 1.92. The van der Waals surface area contributed by atoms with Crippen LogP contribution in [0.3, 0.4) is 0 Å². The fourth-order valence-electron chi connectivity index (χ4n) is 3.38. The lowest BCUT2D eigenvalue weighted by Gasteiger charge is -2.25. The number of carbonyl (C=O) groups is 1. The second-order valence-corrected chi connectivity index (χ2v) is 7.13. The summed E-state index contributed by atoms with van der Waals surface area (Å²) in [6.07, 6.45) is 1.57. The van der Waals surface area contributed by atoms with Gasteiger partial charge in [0.15, 0.2) is 0 Å². The van der Waals surface area contributed by atoms with E-state index in [9.17, 15) is 4.79 Å². The molecule has 2 aromatic rings. The molecule has 1 saturated heterocycles. The zero-order valence-electron chi connectivity index (χ0n) is 13.4. The molecule has 1 aliphatic carbocycles. The first-order valence-corrected chi connectivity index (χ1v) is 9.06. The number of likely N-dealkylation sites (N-methyl/N-ethyl adjacent to an activating group) is 1. The van der Waals surface area contributed by atoms with E-state index in [-0.39, 0.29) is 24.4 Å². The van der Waals surface area contributed by atoms with Crippen LogP contribution in [-0.4, -0.2) is 37.5 Å². The molecule has 2 fully saturated rings. The molecule has 1 saturated carbocycles. The highest BCUT2D eigenvalue weighted by Gasteiger charge is 2.50. The van der Waals surface area contributed by atoms with Crippen LogP contribution in [0.2, 0.25) is 0 Å². The van der Waals surface area contributed by atoms with Crippen LogP contribution in [0.25, 0.3) is 10.4 Å². The minimum atomic E-state index is -0.405. The van der Waals surface area contributed by atoms with Gasteiger partial charge in [0, 0.05) is 29.3 Å². The summed E-state index contributed by atoms with van der Waals surface area (Å²) in [6.45, 7) is 0. The standard InChI is InChI=1S/C18H20N2O3S/c1-19-14-9-11(10-15-17(14)23-15)22-18(21)20-13-6-3-2-5-12(13)16-7-4-8-24-16/h2-8,11,14-15,17,19H,9-10H2,1H3,(H,20,21)/t11-,14-,15+,17-/m1/s1. The SMILES string of the molecule is CN[C@@H]1C[C@@H](OC(=O)Nc2ccccc2-c2cccs2)C[C@@H]2O[C@@H]21. The van der Waals surface area contributed by atoms with Gasteiger partial charge in [-0.05, 0) is 24.6 Å². The Balaban J connectivity index is 1.42. The molecule has 0 radical (unpaired) electrons. The topological polar surface area (TPSA) is 62.9 Å². The maximum Gasteiger partial charge on any atom is 0.411 e. The first-order chi connectivity index (χ1) is 11.7. The van der Waals surface area contributed by atoms with E-state index in [1.54, 1.807) is 11.3 Å². The van der Waals surface area contributed by atoms with E-state index in [4.69, 9.17) is 9.47 Å². The van der Waals surface area contributed by atoms with E-state index in [2.05, 4.69) is 10.6 Å². The Labute approximate surface area is 145 Å². The van der Waals surface area contributed by atoms with Crippen molar-refractivity contribution in [3.8, 4) is 10.4 Å². The van der Waals surface area contributed by atoms with Crippen LogP contribution in [0, 0.1) is 0 Å². The molecular formula is C18H20N2O3S. The third-order valence-corrected chi connectivity index (χ3v) is 5.53. The lowest BCUT2D eigenvalue weighted by molar-refractivity contribution is 0.0846. The molecule has 4 rings (SSSR count). The second-order valence-electron chi connectivity index (χ2n) is 6.18. The number of thiophene rings is 1. The van der Waals surface area contributed by atoms with E-state index < -0.39 is 6.09 Å². The number of epoxide rings is 1. The summed E-state index contributed by atoms with van der Waals surface area (Å²) in [5.74, 6) is 0. The predicted molar refractivity (Wildman–Crippen MR) is 94.4 cm³/mol. The molecule has 1 aromatic carbocycles. The molecule has 2 N–H and O–H groups in total. The van der Waals surface area contributed by atoms with Crippen LogP contribution in [-0.2, 0) is 9.47 Å². The Hall–Kier alpha value is -1.89. The maximum absolute atomic E-state index is 12.3. The summed E-state index contributed by atoms with van der Waals surface area (Å²) < 4.78 is 11.2. The highest BCUT2D eigenvalue weighted by Crippen LogP contribution is 2.38. The molecule has 0 spiro atoms. The zero-order chi connectivity index (χ0) is 16.5. The number of hydrogen-bond donors (Lipinski definition) is 2. The van der Waals surface area contributed by atoms with Crippen molar-refractivity contribution in [2.45, 2.75) is 37.2 Å². The number of carbonyl (C=O) groups excluding carboxylic acids is 1. The third kappa shape index (κ3) is 3.17. The van der Waals surface area contributed by atoms with Gasteiger partial charge < -0.3 is 14.8 Å². The van der Waals surface area contributed by atoms with E-state index in [0.29, 0.717) is 0 Å². The Bertz CT molecular complexity index is 719. The van der Waals surface area contributed by atoms with Crippen LogP contribution in [0.4, 0.5) is 10.5 Å². The number of anilines is 1. The van der Waals surface area contributed by atoms with Crippen molar-refractivity contribution >= 4 is 23.1 Å². The van der Waals surface area contributed by atoms with Gasteiger partial charge in [0.05, 0.1) is 17.9 Å². The number of rotatable bonds is 4. The number of amides is 1. The van der Waals surface area contributed by atoms with Gasteiger partial charge in [-0.2, -0.15) is 0 Å². The molecule has 1 amide bonds. The molecule has 126 valence electrons. The molecule has 0 unspecified atom stereocenters. The number of hydrogen-bond acceptors (Lipinski definition) is 5. The molecule has 2 aliphatic rings. The van der Waals surface area contributed by atoms with Gasteiger partial charge in [-0.3, -0.25) is 5.32 Å². The normalized spacial score (nSPS) is 28.0. The quantitative estimate of drug-likeness (QED) is 0.834. The van der Waals surface area contributed by atoms with Crippen molar-refractivity contribution in [2.24, 2.45) is 0 Å². The number of fused-ring (bicyclic) bond motifs is 1. The van der Waals surface area contributed by atoms with Crippen LogP contribution < -0.4 is 10.6 Å². The van der Waals surface area contributed by atoms with Crippen molar-refractivity contribution in [3.05, 3.63) is 41.8 Å². The van der Waals surface area contributed by atoms with E-state index in [0.717, 1.165) is 29.0 Å². The Morgan fingerprint density at radius 2 is 2.12 bits per heavy atom. The smallest absolute Gasteiger partial charge is 0.411 e. The number of para-hydroxylation sites is 1. The fraction of sp³-hybridized carbons (Fsp3) is 0.389. The highest BCUT2D eigenvalue weighted by atomic mass is 32.1. The Kier molecular flexibility index (Phi) is 4.26. The van der Waals surface area contributed by atoms with Crippen molar-refractivity contribution < 1.29 is 14.3 Å². The first-order valence-electron chi connectivity index (χ1n) is 8.18. The summed E-state index contributed by atoms with van der Waals surface area (Å²) >= 11 is 1.65. The molecule has 6 heteroatoms.